The van der Waals surface area contributed by atoms with Gasteiger partial charge >= 0.3 is 0 Å². The average Bonchev–Trinajstić information content (AvgIpc) is 3.01. The van der Waals surface area contributed by atoms with Gasteiger partial charge in [-0.3, -0.25) is 0 Å². The molecule has 0 spiro atoms. The van der Waals surface area contributed by atoms with Crippen molar-refractivity contribution in [1.29, 1.82) is 0 Å². The van der Waals surface area contributed by atoms with E-state index in [0.717, 1.165) is 12.6 Å². The summed E-state index contributed by atoms with van der Waals surface area (Å²) in [5, 5.41) is 5.70. The molecule has 0 N–H and O–H groups in total. The zero-order valence-corrected chi connectivity index (χ0v) is 23.9. The Morgan fingerprint density at radius 3 is 1.89 bits per heavy atom. The third-order valence-corrected chi connectivity index (χ3v) is 12.0. The van der Waals surface area contributed by atoms with Crippen LogP contribution in [0.15, 0.2) is 84.9 Å². The second kappa shape index (κ2) is 9.11. The molecule has 1 aliphatic rings. The molecule has 2 atom stereocenters. The van der Waals surface area contributed by atoms with Crippen molar-refractivity contribution in [2.75, 3.05) is 0 Å². The lowest BCUT2D eigenvalue weighted by atomic mass is 9.85. The lowest BCUT2D eigenvalue weighted by Crippen LogP contribution is -2.19. The Morgan fingerprint density at radius 2 is 1.27 bits per heavy atom. The van der Waals surface area contributed by atoms with Gasteiger partial charge in [0.25, 0.3) is 0 Å². The second-order valence-electron chi connectivity index (χ2n) is 12.0. The lowest BCUT2D eigenvalue weighted by Gasteiger charge is -2.38. The molecule has 1 heterocycles. The van der Waals surface area contributed by atoms with E-state index in [1.54, 1.807) is 11.1 Å². The van der Waals surface area contributed by atoms with Crippen molar-refractivity contribution in [1.82, 2.24) is 0 Å². The van der Waals surface area contributed by atoms with Crippen molar-refractivity contribution in [3.63, 3.8) is 0 Å². The molecule has 0 radical (unpaired) electrons. The molecule has 0 aliphatic carbocycles. The summed E-state index contributed by atoms with van der Waals surface area (Å²) in [6.07, 6.45) is 2.27. The van der Waals surface area contributed by atoms with Gasteiger partial charge in [-0.05, 0) is 99.0 Å². The van der Waals surface area contributed by atoms with Gasteiger partial charge < -0.3 is 0 Å². The third-order valence-electron chi connectivity index (χ3n) is 8.40. The normalized spacial score (nSPS) is 17.5. The van der Waals surface area contributed by atoms with Crippen LogP contribution in [0, 0.1) is 20.8 Å². The van der Waals surface area contributed by atoms with Crippen LogP contribution in [0.3, 0.4) is 0 Å². The molecule has 0 saturated heterocycles. The van der Waals surface area contributed by atoms with Crippen molar-refractivity contribution in [3.05, 3.63) is 118 Å². The van der Waals surface area contributed by atoms with Gasteiger partial charge in [0.1, 0.15) is 0 Å². The molecule has 5 aromatic rings. The predicted molar refractivity (Wildman–Crippen MR) is 164 cm³/mol. The molecule has 0 nitrogen and oxygen atoms in total. The Balaban J connectivity index is 1.71. The molecule has 6 rings (SSSR count). The fourth-order valence-electron chi connectivity index (χ4n) is 6.70. The molecular formula is C36H37P. The summed E-state index contributed by atoms with van der Waals surface area (Å²) in [7, 11) is -0.343. The van der Waals surface area contributed by atoms with E-state index < -0.39 is 0 Å². The highest BCUT2D eigenvalue weighted by molar-refractivity contribution is 7.58. The number of rotatable bonds is 2. The maximum Gasteiger partial charge on any atom is 0.00964 e. The van der Waals surface area contributed by atoms with Gasteiger partial charge in [0.2, 0.25) is 0 Å². The average molecular weight is 501 g/mol. The SMILES string of the molecule is Cc1cc(C)c(C[C@H]2c3ccc4ccccc4c3-c3c(ccc4ccccc34)CP2C(C)(C)C)c(C)c1. The summed E-state index contributed by atoms with van der Waals surface area (Å²) in [6, 6.07) is 32.4. The highest BCUT2D eigenvalue weighted by Gasteiger charge is 2.38. The van der Waals surface area contributed by atoms with Crippen LogP contribution in [-0.2, 0) is 12.6 Å². The minimum Gasteiger partial charge on any atom is -0.0886 e. The van der Waals surface area contributed by atoms with Crippen LogP contribution >= 0.6 is 7.92 Å². The summed E-state index contributed by atoms with van der Waals surface area (Å²) in [6.45, 7) is 14.3. The Morgan fingerprint density at radius 1 is 0.703 bits per heavy atom. The highest BCUT2D eigenvalue weighted by Crippen LogP contribution is 2.67. The maximum atomic E-state index is 2.49. The summed E-state index contributed by atoms with van der Waals surface area (Å²) in [5.41, 5.74) is 12.3. The van der Waals surface area contributed by atoms with Crippen molar-refractivity contribution in [2.45, 2.75) is 64.9 Å². The Hall–Kier alpha value is -2.95. The van der Waals surface area contributed by atoms with Crippen LogP contribution < -0.4 is 0 Å². The molecule has 5 aromatic carbocycles. The molecule has 1 unspecified atom stereocenters. The number of fused-ring (bicyclic) bond motifs is 7. The van der Waals surface area contributed by atoms with Crippen LogP contribution in [0.5, 0.6) is 0 Å². The first-order chi connectivity index (χ1) is 17.7. The van der Waals surface area contributed by atoms with Crippen LogP contribution in [-0.4, -0.2) is 5.16 Å². The van der Waals surface area contributed by atoms with Gasteiger partial charge in [-0.15, -0.1) is 0 Å². The molecule has 186 valence electrons. The van der Waals surface area contributed by atoms with Gasteiger partial charge in [-0.25, -0.2) is 0 Å². The summed E-state index contributed by atoms with van der Waals surface area (Å²) >= 11 is 0. The molecule has 37 heavy (non-hydrogen) atoms. The molecule has 1 heteroatoms. The van der Waals surface area contributed by atoms with Crippen LogP contribution in [0.4, 0.5) is 0 Å². The number of hydrogen-bond acceptors (Lipinski definition) is 0. The molecule has 0 fully saturated rings. The van der Waals surface area contributed by atoms with E-state index in [2.05, 4.69) is 126 Å². The maximum absolute atomic E-state index is 2.49. The molecule has 0 amide bonds. The first-order valence-corrected chi connectivity index (χ1v) is 15.2. The summed E-state index contributed by atoms with van der Waals surface area (Å²) in [4.78, 5) is 0. The largest absolute Gasteiger partial charge is 0.0886 e. The van der Waals surface area contributed by atoms with E-state index in [9.17, 15) is 0 Å². The van der Waals surface area contributed by atoms with Crippen molar-refractivity contribution in [3.8, 4) is 11.1 Å². The zero-order valence-electron chi connectivity index (χ0n) is 23.0. The van der Waals surface area contributed by atoms with Gasteiger partial charge in [0.05, 0.1) is 0 Å². The van der Waals surface area contributed by atoms with E-state index in [-0.39, 0.29) is 13.1 Å². The number of aryl methyl sites for hydroxylation is 3. The van der Waals surface area contributed by atoms with Crippen LogP contribution in [0.1, 0.15) is 59.8 Å². The quantitative estimate of drug-likeness (QED) is 0.211. The summed E-state index contributed by atoms with van der Waals surface area (Å²) < 4.78 is 0. The fraction of sp³-hybridized carbons (Fsp3) is 0.278. The van der Waals surface area contributed by atoms with Crippen LogP contribution in [0.25, 0.3) is 32.7 Å². The second-order valence-corrected chi connectivity index (χ2v) is 15.2. The molecule has 0 bridgehead atoms. The van der Waals surface area contributed by atoms with E-state index in [1.165, 1.54) is 54.9 Å². The number of hydrogen-bond donors (Lipinski definition) is 0. The molecule has 0 saturated carbocycles. The first kappa shape index (κ1) is 24.4. The standard InChI is InChI=1S/C36H37P/c1-23-19-24(2)32(25(3)20-23)21-33-31-18-17-27-12-8-10-14-30(27)35(31)34-28(22-37(33)36(4,5)6)16-15-26-11-7-9-13-29(26)34/h7-20,33H,21-22H2,1-6H3/t33-,37?/m0/s1. The lowest BCUT2D eigenvalue weighted by molar-refractivity contribution is 0.751. The number of benzene rings is 5. The van der Waals surface area contributed by atoms with Crippen molar-refractivity contribution in [2.24, 2.45) is 0 Å². The van der Waals surface area contributed by atoms with E-state index in [0.29, 0.717) is 5.66 Å². The van der Waals surface area contributed by atoms with Crippen molar-refractivity contribution >= 4 is 29.5 Å². The zero-order chi connectivity index (χ0) is 25.9. The molecular weight excluding hydrogens is 463 g/mol. The first-order valence-electron chi connectivity index (χ1n) is 13.6. The smallest absolute Gasteiger partial charge is 0.00964 e. The predicted octanol–water partition coefficient (Wildman–Crippen LogP) is 10.7. The highest BCUT2D eigenvalue weighted by atomic mass is 31.1. The van der Waals surface area contributed by atoms with Crippen LogP contribution in [0.2, 0.25) is 0 Å². The van der Waals surface area contributed by atoms with E-state index in [1.807, 2.05) is 0 Å². The Labute approximate surface area is 223 Å². The van der Waals surface area contributed by atoms with Gasteiger partial charge in [0, 0.05) is 5.66 Å². The monoisotopic (exact) mass is 500 g/mol. The van der Waals surface area contributed by atoms with Gasteiger partial charge in [-0.2, -0.15) is 0 Å². The Bertz CT molecular complexity index is 1630. The minimum absolute atomic E-state index is 0.239. The fourth-order valence-corrected chi connectivity index (χ4v) is 9.91. The third kappa shape index (κ3) is 4.20. The minimum atomic E-state index is -0.343. The van der Waals surface area contributed by atoms with E-state index >= 15 is 0 Å². The van der Waals surface area contributed by atoms with E-state index in [4.69, 9.17) is 0 Å². The van der Waals surface area contributed by atoms with Gasteiger partial charge in [-0.1, -0.05) is 119 Å². The topological polar surface area (TPSA) is 0 Å². The van der Waals surface area contributed by atoms with Gasteiger partial charge in [0.15, 0.2) is 0 Å². The Kier molecular flexibility index (Phi) is 6.00. The molecule has 1 aliphatic heterocycles. The molecule has 0 aromatic heterocycles. The summed E-state index contributed by atoms with van der Waals surface area (Å²) in [5.74, 6) is 0. The van der Waals surface area contributed by atoms with Crippen molar-refractivity contribution < 1.29 is 0 Å².